The minimum atomic E-state index is 0.0825. The normalized spacial score (nSPS) is 10.9. The molecule has 0 saturated carbocycles. The molecule has 0 spiro atoms. The number of phenolic OH excluding ortho intramolecular Hbond substituents is 1. The fourth-order valence-electron chi connectivity index (χ4n) is 1.84. The Bertz CT molecular complexity index is 569. The summed E-state index contributed by atoms with van der Waals surface area (Å²) in [5, 5.41) is 17.9. The average molecular weight is 300 g/mol. The molecule has 2 aromatic rings. The standard InChI is InChI=1S/C13H15Cl2N3O/c1-18-11(3-5-17-18)2-4-16-8-9-6-10(14)7-12(15)13(9)19/h3,5-7,16,19H,2,4,8H2,1H3. The molecule has 0 aliphatic carbocycles. The van der Waals surface area contributed by atoms with Crippen molar-refractivity contribution in [1.82, 2.24) is 15.1 Å². The molecule has 0 aliphatic rings. The Morgan fingerprint density at radius 1 is 1.37 bits per heavy atom. The highest BCUT2D eigenvalue weighted by atomic mass is 35.5. The zero-order valence-electron chi connectivity index (χ0n) is 10.5. The lowest BCUT2D eigenvalue weighted by Gasteiger charge is -2.09. The van der Waals surface area contributed by atoms with Crippen LogP contribution in [0.1, 0.15) is 11.3 Å². The monoisotopic (exact) mass is 299 g/mol. The maximum absolute atomic E-state index is 9.80. The van der Waals surface area contributed by atoms with Gasteiger partial charge in [-0.05, 0) is 18.2 Å². The summed E-state index contributed by atoms with van der Waals surface area (Å²) in [4.78, 5) is 0. The molecule has 19 heavy (non-hydrogen) atoms. The van der Waals surface area contributed by atoms with Crippen molar-refractivity contribution in [1.29, 1.82) is 0 Å². The van der Waals surface area contributed by atoms with Gasteiger partial charge in [0, 0.05) is 49.0 Å². The van der Waals surface area contributed by atoms with Gasteiger partial charge in [0.15, 0.2) is 0 Å². The largest absolute Gasteiger partial charge is 0.506 e. The molecule has 0 bridgehead atoms. The van der Waals surface area contributed by atoms with Gasteiger partial charge in [0.2, 0.25) is 0 Å². The number of nitrogens with one attached hydrogen (secondary N) is 1. The molecule has 0 fully saturated rings. The van der Waals surface area contributed by atoms with E-state index in [9.17, 15) is 5.11 Å². The second-order valence-electron chi connectivity index (χ2n) is 4.27. The molecular formula is C13H15Cl2N3O. The Morgan fingerprint density at radius 2 is 2.16 bits per heavy atom. The first-order valence-corrected chi connectivity index (χ1v) is 6.68. The minimum absolute atomic E-state index is 0.0825. The lowest BCUT2D eigenvalue weighted by Crippen LogP contribution is -2.18. The van der Waals surface area contributed by atoms with E-state index in [-0.39, 0.29) is 10.8 Å². The zero-order chi connectivity index (χ0) is 13.8. The lowest BCUT2D eigenvalue weighted by atomic mass is 10.2. The van der Waals surface area contributed by atoms with Crippen LogP contribution in [0.4, 0.5) is 0 Å². The molecular weight excluding hydrogens is 285 g/mol. The van der Waals surface area contributed by atoms with Crippen LogP contribution < -0.4 is 5.32 Å². The van der Waals surface area contributed by atoms with Gasteiger partial charge >= 0.3 is 0 Å². The van der Waals surface area contributed by atoms with Gasteiger partial charge in [0.25, 0.3) is 0 Å². The van der Waals surface area contributed by atoms with Crippen molar-refractivity contribution >= 4 is 23.2 Å². The van der Waals surface area contributed by atoms with E-state index in [1.165, 1.54) is 6.07 Å². The van der Waals surface area contributed by atoms with E-state index in [2.05, 4.69) is 10.4 Å². The molecule has 0 aliphatic heterocycles. The Hall–Kier alpha value is -1.23. The van der Waals surface area contributed by atoms with Crippen molar-refractivity contribution in [2.24, 2.45) is 7.05 Å². The number of phenols is 1. The van der Waals surface area contributed by atoms with E-state index in [0.29, 0.717) is 17.1 Å². The first-order chi connectivity index (χ1) is 9.08. The van der Waals surface area contributed by atoms with Gasteiger partial charge < -0.3 is 10.4 Å². The molecule has 0 amide bonds. The van der Waals surface area contributed by atoms with Crippen LogP contribution in [0.25, 0.3) is 0 Å². The number of aromatic hydroxyl groups is 1. The third-order valence-electron chi connectivity index (χ3n) is 2.90. The second kappa shape index (κ2) is 6.28. The number of hydrogen-bond acceptors (Lipinski definition) is 3. The Balaban J connectivity index is 1.88. The van der Waals surface area contributed by atoms with Crippen LogP contribution in [-0.2, 0) is 20.0 Å². The number of hydrogen-bond donors (Lipinski definition) is 2. The van der Waals surface area contributed by atoms with Crippen LogP contribution in [0.3, 0.4) is 0 Å². The van der Waals surface area contributed by atoms with Gasteiger partial charge in [-0.15, -0.1) is 0 Å². The second-order valence-corrected chi connectivity index (χ2v) is 5.11. The van der Waals surface area contributed by atoms with Crippen molar-refractivity contribution in [2.75, 3.05) is 6.54 Å². The molecule has 2 N–H and O–H groups in total. The van der Waals surface area contributed by atoms with Gasteiger partial charge in [-0.2, -0.15) is 5.10 Å². The highest BCUT2D eigenvalue weighted by molar-refractivity contribution is 6.35. The molecule has 0 radical (unpaired) electrons. The smallest absolute Gasteiger partial charge is 0.138 e. The van der Waals surface area contributed by atoms with Crippen LogP contribution in [0.15, 0.2) is 24.4 Å². The third-order valence-corrected chi connectivity index (χ3v) is 3.41. The van der Waals surface area contributed by atoms with Gasteiger partial charge in [-0.1, -0.05) is 23.2 Å². The summed E-state index contributed by atoms with van der Waals surface area (Å²) in [6, 6.07) is 5.22. The van der Waals surface area contributed by atoms with E-state index >= 15 is 0 Å². The molecule has 6 heteroatoms. The molecule has 2 rings (SSSR count). The van der Waals surface area contributed by atoms with Crippen molar-refractivity contribution in [3.8, 4) is 5.75 Å². The topological polar surface area (TPSA) is 50.1 Å². The summed E-state index contributed by atoms with van der Waals surface area (Å²) in [5.74, 6) is 0.0825. The van der Waals surface area contributed by atoms with Crippen LogP contribution >= 0.6 is 23.2 Å². The van der Waals surface area contributed by atoms with Gasteiger partial charge in [-0.25, -0.2) is 0 Å². The number of nitrogens with zero attached hydrogens (tertiary/aromatic N) is 2. The van der Waals surface area contributed by atoms with Gasteiger partial charge in [0.1, 0.15) is 5.75 Å². The first-order valence-electron chi connectivity index (χ1n) is 5.92. The predicted octanol–water partition coefficient (Wildman–Crippen LogP) is 2.76. The van der Waals surface area contributed by atoms with E-state index in [4.69, 9.17) is 23.2 Å². The quantitative estimate of drug-likeness (QED) is 0.835. The van der Waals surface area contributed by atoms with E-state index in [1.807, 2.05) is 17.8 Å². The van der Waals surface area contributed by atoms with Crippen LogP contribution in [0.2, 0.25) is 10.0 Å². The lowest BCUT2D eigenvalue weighted by molar-refractivity contribution is 0.464. The summed E-state index contributed by atoms with van der Waals surface area (Å²) >= 11 is 11.8. The van der Waals surface area contributed by atoms with E-state index in [0.717, 1.165) is 18.7 Å². The molecule has 0 atom stereocenters. The van der Waals surface area contributed by atoms with Crippen molar-refractivity contribution in [3.63, 3.8) is 0 Å². The summed E-state index contributed by atoms with van der Waals surface area (Å²) in [5.41, 5.74) is 1.85. The highest BCUT2D eigenvalue weighted by Crippen LogP contribution is 2.30. The van der Waals surface area contributed by atoms with Crippen LogP contribution in [0.5, 0.6) is 5.75 Å². The number of aryl methyl sites for hydroxylation is 1. The molecule has 0 saturated heterocycles. The van der Waals surface area contributed by atoms with Crippen molar-refractivity contribution in [3.05, 3.63) is 45.7 Å². The maximum atomic E-state index is 9.80. The van der Waals surface area contributed by atoms with Crippen molar-refractivity contribution < 1.29 is 5.11 Å². The minimum Gasteiger partial charge on any atom is -0.506 e. The first kappa shape index (κ1) is 14.2. The summed E-state index contributed by atoms with van der Waals surface area (Å²) < 4.78 is 1.84. The Morgan fingerprint density at radius 3 is 2.84 bits per heavy atom. The van der Waals surface area contributed by atoms with Crippen molar-refractivity contribution in [2.45, 2.75) is 13.0 Å². The van der Waals surface area contributed by atoms with Gasteiger partial charge in [-0.3, -0.25) is 4.68 Å². The summed E-state index contributed by atoms with van der Waals surface area (Å²) in [6.45, 7) is 1.30. The zero-order valence-corrected chi connectivity index (χ0v) is 12.0. The molecule has 1 aromatic carbocycles. The summed E-state index contributed by atoms with van der Waals surface area (Å²) in [6.07, 6.45) is 2.64. The van der Waals surface area contributed by atoms with E-state index < -0.39 is 0 Å². The number of rotatable bonds is 5. The molecule has 4 nitrogen and oxygen atoms in total. The van der Waals surface area contributed by atoms with Gasteiger partial charge in [0.05, 0.1) is 5.02 Å². The molecule has 102 valence electrons. The van der Waals surface area contributed by atoms with Crippen LogP contribution in [-0.4, -0.2) is 21.4 Å². The summed E-state index contributed by atoms with van der Waals surface area (Å²) in [7, 11) is 1.91. The third kappa shape index (κ3) is 3.62. The molecule has 0 unspecified atom stereocenters. The van der Waals surface area contributed by atoms with Crippen LogP contribution in [0, 0.1) is 0 Å². The number of aromatic nitrogens is 2. The average Bonchev–Trinajstić information content (AvgIpc) is 2.76. The fraction of sp³-hybridized carbons (Fsp3) is 0.308. The fourth-order valence-corrected chi connectivity index (χ4v) is 2.38. The molecule has 1 heterocycles. The Labute approximate surface area is 122 Å². The SMILES string of the molecule is Cn1nccc1CCNCc1cc(Cl)cc(Cl)c1O. The van der Waals surface area contributed by atoms with E-state index in [1.54, 1.807) is 12.3 Å². The Kier molecular flexibility index (Phi) is 4.69. The maximum Gasteiger partial charge on any atom is 0.138 e. The number of benzene rings is 1. The molecule has 1 aromatic heterocycles. The number of halogens is 2. The predicted molar refractivity (Wildman–Crippen MR) is 76.7 cm³/mol. The highest BCUT2D eigenvalue weighted by Gasteiger charge is 2.07.